The predicted octanol–water partition coefficient (Wildman–Crippen LogP) is 3.81. The number of carboxylic acid groups (broad SMARTS) is 1. The van der Waals surface area contributed by atoms with Gasteiger partial charge in [-0.15, -0.1) is 0 Å². The number of carbonyl (C=O) groups is 2. The summed E-state index contributed by atoms with van der Waals surface area (Å²) in [6.45, 7) is 8.31. The van der Waals surface area contributed by atoms with E-state index in [4.69, 9.17) is 9.47 Å². The second-order valence-electron chi connectivity index (χ2n) is 13.7. The lowest BCUT2D eigenvalue weighted by molar-refractivity contribution is -0.0183. The van der Waals surface area contributed by atoms with Gasteiger partial charge in [0.05, 0.1) is 43.0 Å². The molecule has 0 radical (unpaired) electrons. The van der Waals surface area contributed by atoms with Crippen LogP contribution in [0.25, 0.3) is 0 Å². The van der Waals surface area contributed by atoms with E-state index in [1.54, 1.807) is 52.9 Å². The summed E-state index contributed by atoms with van der Waals surface area (Å²) in [7, 11) is 0. The highest BCUT2D eigenvalue weighted by Gasteiger charge is 2.39. The third-order valence-corrected chi connectivity index (χ3v) is 7.91. The van der Waals surface area contributed by atoms with Gasteiger partial charge in [-0.05, 0) is 82.9 Å². The zero-order valence-electron chi connectivity index (χ0n) is 29.1. The zero-order valence-corrected chi connectivity index (χ0v) is 29.1. The van der Waals surface area contributed by atoms with Gasteiger partial charge in [-0.3, -0.25) is 9.88 Å². The topological polar surface area (TPSA) is 174 Å². The predicted molar refractivity (Wildman–Crippen MR) is 187 cm³/mol. The molecule has 1 heterocycles. The summed E-state index contributed by atoms with van der Waals surface area (Å²) in [4.78, 5) is 30.5. The fourth-order valence-corrected chi connectivity index (χ4v) is 5.38. The third-order valence-electron chi connectivity index (χ3n) is 7.91. The van der Waals surface area contributed by atoms with Crippen LogP contribution in [0.2, 0.25) is 0 Å². The first-order chi connectivity index (χ1) is 23.2. The van der Waals surface area contributed by atoms with Crippen molar-refractivity contribution in [1.29, 1.82) is 0 Å². The summed E-state index contributed by atoms with van der Waals surface area (Å²) in [6, 6.07) is 20.6. The Hall–Kier alpha value is -4.23. The van der Waals surface area contributed by atoms with Crippen LogP contribution >= 0.6 is 0 Å². The Bertz CT molecular complexity index is 1420. The van der Waals surface area contributed by atoms with E-state index in [0.29, 0.717) is 25.2 Å². The molecular formula is C37H52N4O8. The van der Waals surface area contributed by atoms with Crippen LogP contribution in [0.3, 0.4) is 0 Å². The van der Waals surface area contributed by atoms with Crippen molar-refractivity contribution in [3.63, 3.8) is 0 Å². The molecule has 0 aliphatic heterocycles. The van der Waals surface area contributed by atoms with Crippen LogP contribution in [-0.4, -0.2) is 104 Å². The first-order valence-corrected chi connectivity index (χ1v) is 16.5. The molecule has 0 saturated carbocycles. The second kappa shape index (κ2) is 18.5. The summed E-state index contributed by atoms with van der Waals surface area (Å²) in [5, 5.41) is 48.7. The number of benzene rings is 2. The molecule has 0 aliphatic rings. The van der Waals surface area contributed by atoms with Gasteiger partial charge in [-0.25, -0.2) is 9.59 Å². The van der Waals surface area contributed by atoms with Gasteiger partial charge in [0, 0.05) is 31.4 Å². The SMILES string of the molecule is CC(C)(C)OC(=O)N[C@@H](Cc1ccccc1)[C@H](O)CNC[C@@H](O)[C@H](Cc1ccc(OCCc2ccccn2)cc1)N(C(=O)O)C(C)(C)CO. The van der Waals surface area contributed by atoms with Gasteiger partial charge in [0.15, 0.2) is 0 Å². The minimum absolute atomic E-state index is 0.0158. The maximum atomic E-state index is 12.6. The fourth-order valence-electron chi connectivity index (χ4n) is 5.38. The van der Waals surface area contributed by atoms with E-state index in [1.807, 2.05) is 60.7 Å². The van der Waals surface area contributed by atoms with Crippen LogP contribution < -0.4 is 15.4 Å². The number of hydrogen-bond acceptors (Lipinski definition) is 9. The lowest BCUT2D eigenvalue weighted by Crippen LogP contribution is -2.60. The molecule has 49 heavy (non-hydrogen) atoms. The number of carbonyl (C=O) groups excluding carboxylic acids is 1. The number of aromatic nitrogens is 1. The van der Waals surface area contributed by atoms with Gasteiger partial charge in [0.1, 0.15) is 11.4 Å². The number of nitrogens with one attached hydrogen (secondary N) is 2. The second-order valence-corrected chi connectivity index (χ2v) is 13.7. The molecule has 0 saturated heterocycles. The quantitative estimate of drug-likeness (QED) is 0.116. The molecule has 6 N–H and O–H groups in total. The van der Waals surface area contributed by atoms with E-state index in [-0.39, 0.29) is 19.5 Å². The summed E-state index contributed by atoms with van der Waals surface area (Å²) in [5.41, 5.74) is 0.642. The van der Waals surface area contributed by atoms with Crippen molar-refractivity contribution in [2.24, 2.45) is 0 Å². The van der Waals surface area contributed by atoms with E-state index in [1.165, 1.54) is 0 Å². The van der Waals surface area contributed by atoms with E-state index >= 15 is 0 Å². The Kier molecular flexibility index (Phi) is 14.8. The Morgan fingerprint density at radius 2 is 1.49 bits per heavy atom. The highest BCUT2D eigenvalue weighted by molar-refractivity contribution is 5.68. The molecule has 268 valence electrons. The largest absolute Gasteiger partial charge is 0.493 e. The Morgan fingerprint density at radius 1 is 0.857 bits per heavy atom. The number of aliphatic hydroxyl groups excluding tert-OH is 3. The molecule has 4 atom stereocenters. The van der Waals surface area contributed by atoms with Crippen molar-refractivity contribution < 1.29 is 39.5 Å². The monoisotopic (exact) mass is 680 g/mol. The molecular weight excluding hydrogens is 628 g/mol. The number of pyridine rings is 1. The fraction of sp³-hybridized carbons (Fsp3) is 0.486. The Morgan fingerprint density at radius 3 is 2.08 bits per heavy atom. The van der Waals surface area contributed by atoms with E-state index < -0.39 is 54.2 Å². The van der Waals surface area contributed by atoms with Crippen molar-refractivity contribution in [3.8, 4) is 5.75 Å². The summed E-state index contributed by atoms with van der Waals surface area (Å²) < 4.78 is 11.3. The Labute approximate surface area is 289 Å². The summed E-state index contributed by atoms with van der Waals surface area (Å²) >= 11 is 0. The molecule has 1 aromatic heterocycles. The van der Waals surface area contributed by atoms with Crippen LogP contribution in [0.1, 0.15) is 51.4 Å². The summed E-state index contributed by atoms with van der Waals surface area (Å²) in [5.74, 6) is 0.642. The molecule has 0 fully saturated rings. The van der Waals surface area contributed by atoms with Crippen LogP contribution in [0.4, 0.5) is 9.59 Å². The van der Waals surface area contributed by atoms with Crippen molar-refractivity contribution in [2.75, 3.05) is 26.3 Å². The van der Waals surface area contributed by atoms with Gasteiger partial charge >= 0.3 is 12.2 Å². The number of alkyl carbamates (subject to hydrolysis) is 1. The van der Waals surface area contributed by atoms with E-state index in [9.17, 15) is 30.0 Å². The normalized spacial score (nSPS) is 14.3. The van der Waals surface area contributed by atoms with Crippen LogP contribution in [0, 0.1) is 0 Å². The number of ether oxygens (including phenoxy) is 2. The van der Waals surface area contributed by atoms with Gasteiger partial charge in [0.25, 0.3) is 0 Å². The molecule has 0 bridgehead atoms. The van der Waals surface area contributed by atoms with Gasteiger partial charge < -0.3 is 40.5 Å². The van der Waals surface area contributed by atoms with Crippen molar-refractivity contribution in [3.05, 3.63) is 95.8 Å². The highest BCUT2D eigenvalue weighted by Crippen LogP contribution is 2.24. The molecule has 0 aliphatic carbocycles. The molecule has 12 nitrogen and oxygen atoms in total. The molecule has 2 amide bonds. The standard InChI is InChI=1S/C37H52N4O8/c1-36(2,3)49-34(45)40-30(21-26-11-7-6-8-12-26)32(43)23-38-24-33(44)31(41(35(46)47)37(4,5)25-42)22-27-14-16-29(17-15-27)48-20-18-28-13-9-10-19-39-28/h6-17,19,30-33,38,42-44H,18,20-25H2,1-5H3,(H,40,45)(H,46,47)/t30-,31-,32+,33+/m0/s1. The van der Waals surface area contributed by atoms with E-state index in [0.717, 1.165) is 21.7 Å². The van der Waals surface area contributed by atoms with Gasteiger partial charge in [0.2, 0.25) is 0 Å². The summed E-state index contributed by atoms with van der Waals surface area (Å²) in [6.07, 6.45) is -1.41. The van der Waals surface area contributed by atoms with Crippen molar-refractivity contribution in [2.45, 2.75) is 89.3 Å². The van der Waals surface area contributed by atoms with Gasteiger partial charge in [-0.1, -0.05) is 48.5 Å². The number of amides is 2. The zero-order chi connectivity index (χ0) is 36.0. The van der Waals surface area contributed by atoms with Crippen molar-refractivity contribution in [1.82, 2.24) is 20.5 Å². The molecule has 0 spiro atoms. The minimum Gasteiger partial charge on any atom is -0.493 e. The van der Waals surface area contributed by atoms with Gasteiger partial charge in [-0.2, -0.15) is 0 Å². The van der Waals surface area contributed by atoms with Crippen LogP contribution in [-0.2, 0) is 24.0 Å². The lowest BCUT2D eigenvalue weighted by Gasteiger charge is -2.43. The van der Waals surface area contributed by atoms with Crippen LogP contribution in [0.15, 0.2) is 79.0 Å². The Balaban J connectivity index is 1.69. The highest BCUT2D eigenvalue weighted by atomic mass is 16.6. The molecule has 2 aromatic carbocycles. The molecule has 12 heteroatoms. The third kappa shape index (κ3) is 13.3. The van der Waals surface area contributed by atoms with E-state index in [2.05, 4.69) is 15.6 Å². The molecule has 3 aromatic rings. The smallest absolute Gasteiger partial charge is 0.408 e. The maximum Gasteiger partial charge on any atom is 0.408 e. The minimum atomic E-state index is -1.29. The maximum absolute atomic E-state index is 12.6. The average molecular weight is 681 g/mol. The van der Waals surface area contributed by atoms with Crippen LogP contribution in [0.5, 0.6) is 5.75 Å². The average Bonchev–Trinajstić information content (AvgIpc) is 3.04. The molecule has 3 rings (SSSR count). The number of hydrogen-bond donors (Lipinski definition) is 6. The number of rotatable bonds is 18. The lowest BCUT2D eigenvalue weighted by atomic mass is 9.94. The number of aliphatic hydroxyl groups is 3. The number of nitrogens with zero attached hydrogens (tertiary/aromatic N) is 2. The van der Waals surface area contributed by atoms with Crippen molar-refractivity contribution >= 4 is 12.2 Å². The first kappa shape index (κ1) is 39.2. The first-order valence-electron chi connectivity index (χ1n) is 16.5. The molecule has 0 unspecified atom stereocenters.